The second-order valence-corrected chi connectivity index (χ2v) is 5.02. The van der Waals surface area contributed by atoms with Crippen molar-refractivity contribution in [2.45, 2.75) is 25.5 Å². The fourth-order valence-corrected chi connectivity index (χ4v) is 2.34. The van der Waals surface area contributed by atoms with E-state index in [2.05, 4.69) is 4.90 Å². The molecule has 1 aromatic carbocycles. The molecule has 1 fully saturated rings. The normalized spacial score (nSPS) is 17.8. The smallest absolute Gasteiger partial charge is 0.273 e. The van der Waals surface area contributed by atoms with Crippen LogP contribution in [0.4, 0.5) is 5.69 Å². The molecular weight excluding hydrogens is 248 g/mol. The summed E-state index contributed by atoms with van der Waals surface area (Å²) in [4.78, 5) is 12.5. The van der Waals surface area contributed by atoms with E-state index in [9.17, 15) is 15.2 Å². The third-order valence-corrected chi connectivity index (χ3v) is 3.50. The molecule has 0 amide bonds. The van der Waals surface area contributed by atoms with Crippen LogP contribution < -0.4 is 4.74 Å². The molecule has 0 radical (unpaired) electrons. The highest BCUT2D eigenvalue weighted by molar-refractivity contribution is 5.42. The van der Waals surface area contributed by atoms with Crippen LogP contribution in [0.25, 0.3) is 0 Å². The molecular formula is C13H18N2O4. The Labute approximate surface area is 111 Å². The lowest BCUT2D eigenvalue weighted by molar-refractivity contribution is -0.385. The summed E-state index contributed by atoms with van der Waals surface area (Å²) in [6, 6.07) is 4.74. The molecule has 0 saturated carbocycles. The summed E-state index contributed by atoms with van der Waals surface area (Å²) in [5.74, 6) is 0.482. The number of nitro groups is 1. The van der Waals surface area contributed by atoms with E-state index in [1.54, 1.807) is 12.1 Å². The molecule has 1 N–H and O–H groups in total. The standard InChI is InChI=1S/C13H18N2O4/c1-3-13(16)8-14(9-13)7-10-4-11(15(17)18)6-12(5-10)19-2/h4-6,16H,3,7-9H2,1-2H3. The Morgan fingerprint density at radius 3 is 2.68 bits per heavy atom. The minimum Gasteiger partial charge on any atom is -0.496 e. The Hall–Kier alpha value is -1.66. The Morgan fingerprint density at radius 2 is 2.16 bits per heavy atom. The van der Waals surface area contributed by atoms with Crippen LogP contribution in [0, 0.1) is 10.1 Å². The van der Waals surface area contributed by atoms with Gasteiger partial charge in [0.05, 0.1) is 23.7 Å². The van der Waals surface area contributed by atoms with E-state index in [1.165, 1.54) is 13.2 Å². The van der Waals surface area contributed by atoms with Gasteiger partial charge in [0.2, 0.25) is 0 Å². The molecule has 0 unspecified atom stereocenters. The molecule has 1 heterocycles. The van der Waals surface area contributed by atoms with Gasteiger partial charge in [-0.05, 0) is 18.1 Å². The van der Waals surface area contributed by atoms with Crippen molar-refractivity contribution < 1.29 is 14.8 Å². The van der Waals surface area contributed by atoms with E-state index < -0.39 is 10.5 Å². The maximum Gasteiger partial charge on any atom is 0.273 e. The molecule has 1 aromatic rings. The SMILES string of the molecule is CCC1(O)CN(Cc2cc(OC)cc([N+](=O)[O-])c2)C1. The highest BCUT2D eigenvalue weighted by Gasteiger charge is 2.39. The first kappa shape index (κ1) is 13.8. The van der Waals surface area contributed by atoms with E-state index in [0.717, 1.165) is 12.0 Å². The Balaban J connectivity index is 2.08. The predicted molar refractivity (Wildman–Crippen MR) is 70.2 cm³/mol. The van der Waals surface area contributed by atoms with E-state index in [1.807, 2.05) is 6.92 Å². The van der Waals surface area contributed by atoms with Crippen molar-refractivity contribution in [1.29, 1.82) is 0 Å². The maximum atomic E-state index is 10.8. The fourth-order valence-electron chi connectivity index (χ4n) is 2.34. The summed E-state index contributed by atoms with van der Waals surface area (Å²) in [5, 5.41) is 20.8. The van der Waals surface area contributed by atoms with E-state index in [-0.39, 0.29) is 5.69 Å². The number of hydrogen-bond acceptors (Lipinski definition) is 5. The molecule has 0 aliphatic carbocycles. The minimum atomic E-state index is -0.592. The third kappa shape index (κ3) is 3.02. The number of non-ortho nitro benzene ring substituents is 1. The van der Waals surface area contributed by atoms with Crippen LogP contribution in [0.3, 0.4) is 0 Å². The zero-order valence-electron chi connectivity index (χ0n) is 11.1. The highest BCUT2D eigenvalue weighted by Crippen LogP contribution is 2.28. The van der Waals surface area contributed by atoms with Crippen molar-refractivity contribution in [1.82, 2.24) is 4.90 Å². The monoisotopic (exact) mass is 266 g/mol. The quantitative estimate of drug-likeness (QED) is 0.646. The number of rotatable bonds is 5. The average molecular weight is 266 g/mol. The van der Waals surface area contributed by atoms with Gasteiger partial charge in [-0.2, -0.15) is 0 Å². The van der Waals surface area contributed by atoms with Crippen LogP contribution in [-0.4, -0.2) is 40.7 Å². The molecule has 0 bridgehead atoms. The topological polar surface area (TPSA) is 75.8 Å². The molecule has 6 heteroatoms. The van der Waals surface area contributed by atoms with Gasteiger partial charge in [0.1, 0.15) is 5.75 Å². The number of nitrogens with zero attached hydrogens (tertiary/aromatic N) is 2. The number of aliphatic hydroxyl groups is 1. The molecule has 2 rings (SSSR count). The van der Waals surface area contributed by atoms with E-state index >= 15 is 0 Å². The van der Waals surface area contributed by atoms with E-state index in [0.29, 0.717) is 25.4 Å². The number of benzene rings is 1. The van der Waals surface area contributed by atoms with Crippen LogP contribution in [-0.2, 0) is 6.54 Å². The lowest BCUT2D eigenvalue weighted by Crippen LogP contribution is -2.60. The first-order chi connectivity index (χ1) is 8.95. The lowest BCUT2D eigenvalue weighted by Gasteiger charge is -2.46. The highest BCUT2D eigenvalue weighted by atomic mass is 16.6. The van der Waals surface area contributed by atoms with Crippen molar-refractivity contribution in [3.63, 3.8) is 0 Å². The second kappa shape index (κ2) is 5.14. The van der Waals surface area contributed by atoms with Crippen molar-refractivity contribution in [3.05, 3.63) is 33.9 Å². The molecule has 0 atom stereocenters. The largest absolute Gasteiger partial charge is 0.496 e. The molecule has 0 spiro atoms. The van der Waals surface area contributed by atoms with Gasteiger partial charge in [0.25, 0.3) is 5.69 Å². The zero-order chi connectivity index (χ0) is 14.0. The van der Waals surface area contributed by atoms with Gasteiger partial charge >= 0.3 is 0 Å². The minimum absolute atomic E-state index is 0.0284. The summed E-state index contributed by atoms with van der Waals surface area (Å²) in [5.41, 5.74) is 0.259. The van der Waals surface area contributed by atoms with Gasteiger partial charge < -0.3 is 9.84 Å². The molecule has 104 valence electrons. The zero-order valence-corrected chi connectivity index (χ0v) is 11.1. The van der Waals surface area contributed by atoms with Gasteiger partial charge in [-0.15, -0.1) is 0 Å². The van der Waals surface area contributed by atoms with Gasteiger partial charge in [0, 0.05) is 25.7 Å². The first-order valence-corrected chi connectivity index (χ1v) is 6.23. The number of nitro benzene ring substituents is 1. The summed E-state index contributed by atoms with van der Waals surface area (Å²) < 4.78 is 5.07. The fraction of sp³-hybridized carbons (Fsp3) is 0.538. The molecule has 1 saturated heterocycles. The second-order valence-electron chi connectivity index (χ2n) is 5.02. The van der Waals surface area contributed by atoms with Crippen molar-refractivity contribution in [2.24, 2.45) is 0 Å². The molecule has 1 aliphatic rings. The number of ether oxygens (including phenoxy) is 1. The number of β-amino-alcohol motifs (C(OH)–C–C–N with tert-alkyl or cyclic N) is 1. The van der Waals surface area contributed by atoms with Crippen LogP contribution in [0.5, 0.6) is 5.75 Å². The number of hydrogen-bond donors (Lipinski definition) is 1. The van der Waals surface area contributed by atoms with Gasteiger partial charge in [0.15, 0.2) is 0 Å². The van der Waals surface area contributed by atoms with Gasteiger partial charge in [-0.3, -0.25) is 15.0 Å². The Kier molecular flexibility index (Phi) is 3.73. The first-order valence-electron chi connectivity index (χ1n) is 6.23. The average Bonchev–Trinajstić information content (AvgIpc) is 2.36. The molecule has 19 heavy (non-hydrogen) atoms. The van der Waals surface area contributed by atoms with Crippen LogP contribution >= 0.6 is 0 Å². The van der Waals surface area contributed by atoms with Crippen molar-refractivity contribution >= 4 is 5.69 Å². The maximum absolute atomic E-state index is 10.8. The number of methoxy groups -OCH3 is 1. The van der Waals surface area contributed by atoms with Gasteiger partial charge in [-0.25, -0.2) is 0 Å². The molecule has 6 nitrogen and oxygen atoms in total. The molecule has 1 aliphatic heterocycles. The lowest BCUT2D eigenvalue weighted by atomic mass is 9.91. The Morgan fingerprint density at radius 1 is 1.47 bits per heavy atom. The van der Waals surface area contributed by atoms with Gasteiger partial charge in [-0.1, -0.05) is 6.92 Å². The van der Waals surface area contributed by atoms with Crippen molar-refractivity contribution in [3.8, 4) is 5.75 Å². The van der Waals surface area contributed by atoms with E-state index in [4.69, 9.17) is 4.74 Å². The summed E-state index contributed by atoms with van der Waals surface area (Å²) >= 11 is 0. The number of likely N-dealkylation sites (tertiary alicyclic amines) is 1. The van der Waals surface area contributed by atoms with Crippen LogP contribution in [0.2, 0.25) is 0 Å². The summed E-state index contributed by atoms with van der Waals surface area (Å²) in [6.45, 7) is 3.75. The predicted octanol–water partition coefficient (Wildman–Crippen LogP) is 1.56. The Bertz CT molecular complexity index is 484. The molecule has 0 aromatic heterocycles. The van der Waals surface area contributed by atoms with Crippen LogP contribution in [0.15, 0.2) is 18.2 Å². The third-order valence-electron chi connectivity index (χ3n) is 3.50. The summed E-state index contributed by atoms with van der Waals surface area (Å²) in [6.07, 6.45) is 0.724. The summed E-state index contributed by atoms with van der Waals surface area (Å²) in [7, 11) is 1.49. The van der Waals surface area contributed by atoms with Crippen LogP contribution in [0.1, 0.15) is 18.9 Å². The van der Waals surface area contributed by atoms with Crippen molar-refractivity contribution in [2.75, 3.05) is 20.2 Å².